The lowest BCUT2D eigenvalue weighted by atomic mass is 10.0. The second-order valence-corrected chi connectivity index (χ2v) is 3.86. The van der Waals surface area contributed by atoms with Crippen molar-refractivity contribution in [2.24, 2.45) is 0 Å². The summed E-state index contributed by atoms with van der Waals surface area (Å²) in [5.74, 6) is 0.0901. The summed E-state index contributed by atoms with van der Waals surface area (Å²) in [6.45, 7) is 3.18. The van der Waals surface area contributed by atoms with Gasteiger partial charge in [0.15, 0.2) is 5.82 Å². The molecule has 0 saturated carbocycles. The van der Waals surface area contributed by atoms with E-state index in [1.54, 1.807) is 0 Å². The van der Waals surface area contributed by atoms with Gasteiger partial charge < -0.3 is 10.6 Å². The van der Waals surface area contributed by atoms with E-state index in [1.165, 1.54) is 12.4 Å². The molecule has 1 aliphatic rings. The number of piperidine rings is 1. The molecule has 1 aromatic rings. The van der Waals surface area contributed by atoms with Crippen molar-refractivity contribution in [1.82, 2.24) is 15.3 Å². The Kier molecular flexibility index (Phi) is 3.11. The fourth-order valence-corrected chi connectivity index (χ4v) is 1.79. The van der Waals surface area contributed by atoms with Crippen LogP contribution in [0.2, 0.25) is 0 Å². The fourth-order valence-electron chi connectivity index (χ4n) is 1.79. The van der Waals surface area contributed by atoms with E-state index in [0.717, 1.165) is 19.4 Å². The highest BCUT2D eigenvalue weighted by Gasteiger charge is 2.20. The first-order valence-electron chi connectivity index (χ1n) is 5.23. The first-order valence-corrected chi connectivity index (χ1v) is 5.23. The zero-order valence-corrected chi connectivity index (χ0v) is 8.70. The standard InChI is InChI=1S/C10H15FN4/c1-7-9(3-2-4-12-7)15-10-13-5-8(11)6-14-10/h5-7,9,12H,2-4H2,1H3,(H,13,14,15). The lowest BCUT2D eigenvalue weighted by Crippen LogP contribution is -2.46. The molecule has 0 amide bonds. The average molecular weight is 210 g/mol. The number of halogens is 1. The van der Waals surface area contributed by atoms with Crippen LogP contribution in [-0.4, -0.2) is 28.6 Å². The van der Waals surface area contributed by atoms with Crippen LogP contribution in [-0.2, 0) is 0 Å². The third-order valence-corrected chi connectivity index (χ3v) is 2.70. The third kappa shape index (κ3) is 2.62. The van der Waals surface area contributed by atoms with Crippen molar-refractivity contribution in [1.29, 1.82) is 0 Å². The van der Waals surface area contributed by atoms with Crippen LogP contribution in [0.5, 0.6) is 0 Å². The maximum Gasteiger partial charge on any atom is 0.223 e. The van der Waals surface area contributed by atoms with Gasteiger partial charge in [-0.15, -0.1) is 0 Å². The Morgan fingerprint density at radius 1 is 1.47 bits per heavy atom. The topological polar surface area (TPSA) is 49.8 Å². The van der Waals surface area contributed by atoms with Crippen LogP contribution >= 0.6 is 0 Å². The predicted molar refractivity (Wildman–Crippen MR) is 56.1 cm³/mol. The van der Waals surface area contributed by atoms with Gasteiger partial charge in [0.2, 0.25) is 5.95 Å². The second-order valence-electron chi connectivity index (χ2n) is 3.86. The van der Waals surface area contributed by atoms with E-state index < -0.39 is 5.82 Å². The van der Waals surface area contributed by atoms with E-state index in [-0.39, 0.29) is 0 Å². The summed E-state index contributed by atoms with van der Waals surface area (Å²) in [4.78, 5) is 7.76. The van der Waals surface area contributed by atoms with E-state index in [4.69, 9.17) is 0 Å². The first-order chi connectivity index (χ1) is 7.25. The van der Waals surface area contributed by atoms with Crippen molar-refractivity contribution in [2.75, 3.05) is 11.9 Å². The van der Waals surface area contributed by atoms with E-state index in [2.05, 4.69) is 27.5 Å². The molecule has 0 aliphatic carbocycles. The highest BCUT2D eigenvalue weighted by molar-refractivity contribution is 5.25. The highest BCUT2D eigenvalue weighted by Crippen LogP contribution is 2.12. The summed E-state index contributed by atoms with van der Waals surface area (Å²) in [6, 6.07) is 0.719. The smallest absolute Gasteiger partial charge is 0.223 e. The lowest BCUT2D eigenvalue weighted by Gasteiger charge is -2.30. The minimum Gasteiger partial charge on any atom is -0.350 e. The van der Waals surface area contributed by atoms with Gasteiger partial charge in [-0.3, -0.25) is 0 Å². The maximum absolute atomic E-state index is 12.6. The normalized spacial score (nSPS) is 26.3. The summed E-state index contributed by atoms with van der Waals surface area (Å²) in [5.41, 5.74) is 0. The van der Waals surface area contributed by atoms with Gasteiger partial charge in [0.05, 0.1) is 12.4 Å². The van der Waals surface area contributed by atoms with E-state index in [0.29, 0.717) is 18.0 Å². The van der Waals surface area contributed by atoms with Crippen LogP contribution in [0.4, 0.5) is 10.3 Å². The summed E-state index contributed by atoms with van der Waals surface area (Å²) in [5, 5.41) is 6.58. The quantitative estimate of drug-likeness (QED) is 0.769. The van der Waals surface area contributed by atoms with Crippen LogP contribution in [0.1, 0.15) is 19.8 Å². The van der Waals surface area contributed by atoms with Gasteiger partial charge in [-0.25, -0.2) is 14.4 Å². The van der Waals surface area contributed by atoms with Gasteiger partial charge >= 0.3 is 0 Å². The third-order valence-electron chi connectivity index (χ3n) is 2.70. The Bertz CT molecular complexity index is 314. The van der Waals surface area contributed by atoms with E-state index >= 15 is 0 Å². The van der Waals surface area contributed by atoms with Gasteiger partial charge in [-0.2, -0.15) is 0 Å². The Labute approximate surface area is 88.3 Å². The summed E-state index contributed by atoms with van der Waals surface area (Å²) >= 11 is 0. The Morgan fingerprint density at radius 2 is 2.20 bits per heavy atom. The van der Waals surface area contributed by atoms with Crippen molar-refractivity contribution < 1.29 is 4.39 Å². The van der Waals surface area contributed by atoms with Crippen LogP contribution < -0.4 is 10.6 Å². The number of rotatable bonds is 2. The molecule has 4 nitrogen and oxygen atoms in total. The Morgan fingerprint density at radius 3 is 2.87 bits per heavy atom. The second kappa shape index (κ2) is 4.53. The largest absolute Gasteiger partial charge is 0.350 e. The van der Waals surface area contributed by atoms with Crippen molar-refractivity contribution in [3.8, 4) is 0 Å². The van der Waals surface area contributed by atoms with Gasteiger partial charge in [-0.1, -0.05) is 0 Å². The molecule has 0 spiro atoms. The molecule has 1 saturated heterocycles. The SMILES string of the molecule is CC1NCCCC1Nc1ncc(F)cn1. The molecule has 2 rings (SSSR count). The number of hydrogen-bond acceptors (Lipinski definition) is 4. The molecule has 15 heavy (non-hydrogen) atoms. The predicted octanol–water partition coefficient (Wildman–Crippen LogP) is 1.17. The summed E-state index contributed by atoms with van der Waals surface area (Å²) in [7, 11) is 0. The molecule has 1 aliphatic heterocycles. The maximum atomic E-state index is 12.6. The van der Waals surface area contributed by atoms with E-state index in [1.807, 2.05) is 0 Å². The molecule has 2 atom stereocenters. The molecule has 1 aromatic heterocycles. The molecule has 0 bridgehead atoms. The highest BCUT2D eigenvalue weighted by atomic mass is 19.1. The van der Waals surface area contributed by atoms with Crippen LogP contribution in [0.15, 0.2) is 12.4 Å². The average Bonchev–Trinajstić information content (AvgIpc) is 2.25. The van der Waals surface area contributed by atoms with Gasteiger partial charge in [0.1, 0.15) is 0 Å². The summed E-state index contributed by atoms with van der Waals surface area (Å²) in [6.07, 6.45) is 4.59. The first kappa shape index (κ1) is 10.3. The number of anilines is 1. The number of hydrogen-bond donors (Lipinski definition) is 2. The minimum atomic E-state index is -0.407. The monoisotopic (exact) mass is 210 g/mol. The minimum absolute atomic E-state index is 0.323. The van der Waals surface area contributed by atoms with Crippen molar-refractivity contribution >= 4 is 5.95 Å². The van der Waals surface area contributed by atoms with Gasteiger partial charge in [0.25, 0.3) is 0 Å². The van der Waals surface area contributed by atoms with Gasteiger partial charge in [0, 0.05) is 12.1 Å². The molecular weight excluding hydrogens is 195 g/mol. The van der Waals surface area contributed by atoms with Crippen molar-refractivity contribution in [3.05, 3.63) is 18.2 Å². The fraction of sp³-hybridized carbons (Fsp3) is 0.600. The molecule has 2 unspecified atom stereocenters. The van der Waals surface area contributed by atoms with Crippen molar-refractivity contribution in [3.63, 3.8) is 0 Å². The Balaban J connectivity index is 1.98. The molecule has 2 heterocycles. The molecule has 5 heteroatoms. The van der Waals surface area contributed by atoms with Crippen LogP contribution in [0, 0.1) is 5.82 Å². The number of nitrogens with one attached hydrogen (secondary N) is 2. The van der Waals surface area contributed by atoms with Crippen molar-refractivity contribution in [2.45, 2.75) is 31.8 Å². The molecule has 82 valence electrons. The molecular formula is C10H15FN4. The lowest BCUT2D eigenvalue weighted by molar-refractivity contribution is 0.388. The Hall–Kier alpha value is -1.23. The zero-order valence-electron chi connectivity index (χ0n) is 8.70. The van der Waals surface area contributed by atoms with Gasteiger partial charge in [-0.05, 0) is 26.3 Å². The van der Waals surface area contributed by atoms with Crippen LogP contribution in [0.25, 0.3) is 0 Å². The number of nitrogens with zero attached hydrogens (tertiary/aromatic N) is 2. The van der Waals surface area contributed by atoms with Crippen LogP contribution in [0.3, 0.4) is 0 Å². The molecule has 1 fully saturated rings. The summed E-state index contributed by atoms with van der Waals surface area (Å²) < 4.78 is 12.6. The molecule has 2 N–H and O–H groups in total. The van der Waals surface area contributed by atoms with E-state index in [9.17, 15) is 4.39 Å². The molecule has 0 aromatic carbocycles. The number of aromatic nitrogens is 2. The molecule has 0 radical (unpaired) electrons. The zero-order chi connectivity index (χ0) is 10.7.